The highest BCUT2D eigenvalue weighted by molar-refractivity contribution is 6.32. The van der Waals surface area contributed by atoms with E-state index < -0.39 is 17.8 Å². The topological polar surface area (TPSA) is 104 Å². The molecule has 25 heavy (non-hydrogen) atoms. The van der Waals surface area contributed by atoms with Gasteiger partial charge in [0.15, 0.2) is 11.4 Å². The molecule has 1 atom stereocenters. The van der Waals surface area contributed by atoms with Crippen molar-refractivity contribution in [1.82, 2.24) is 0 Å². The van der Waals surface area contributed by atoms with Gasteiger partial charge in [0.25, 0.3) is 0 Å². The van der Waals surface area contributed by atoms with E-state index in [2.05, 4.69) is 0 Å². The predicted molar refractivity (Wildman–Crippen MR) is 90.1 cm³/mol. The summed E-state index contributed by atoms with van der Waals surface area (Å²) in [6.45, 7) is 3.27. The maximum atomic E-state index is 13.0. The van der Waals surface area contributed by atoms with Crippen molar-refractivity contribution in [2.45, 2.75) is 25.9 Å². The normalized spacial score (nSPS) is 21.9. The van der Waals surface area contributed by atoms with E-state index in [9.17, 15) is 24.9 Å². The molecule has 2 aliphatic carbocycles. The molecule has 4 rings (SSSR count). The van der Waals surface area contributed by atoms with Crippen LogP contribution < -0.4 is 4.74 Å². The van der Waals surface area contributed by atoms with Crippen LogP contribution in [0, 0.1) is 6.92 Å². The molecule has 0 saturated heterocycles. The van der Waals surface area contributed by atoms with Crippen molar-refractivity contribution in [2.24, 2.45) is 0 Å². The minimum absolute atomic E-state index is 0.0986. The molecule has 0 bridgehead atoms. The molecule has 0 fully saturated rings. The number of phenolic OH excluding ortho intramolecular Hbond substituents is 2. The van der Waals surface area contributed by atoms with E-state index in [1.165, 1.54) is 26.2 Å². The summed E-state index contributed by atoms with van der Waals surface area (Å²) in [6, 6.07) is 2.81. The first kappa shape index (κ1) is 15.7. The first-order chi connectivity index (χ1) is 11.7. The van der Waals surface area contributed by atoms with Crippen molar-refractivity contribution in [1.29, 1.82) is 0 Å². The van der Waals surface area contributed by atoms with Crippen LogP contribution in [0.1, 0.15) is 34.8 Å². The molecule has 128 valence electrons. The fraction of sp³-hybridized carbons (Fsp3) is 0.263. The number of phenols is 2. The van der Waals surface area contributed by atoms with Gasteiger partial charge in [-0.15, -0.1) is 0 Å². The summed E-state index contributed by atoms with van der Waals surface area (Å²) in [4.78, 5) is 25.2. The van der Waals surface area contributed by atoms with E-state index in [1.807, 2.05) is 0 Å². The van der Waals surface area contributed by atoms with Gasteiger partial charge in [0.2, 0.25) is 5.78 Å². The first-order valence-electron chi connectivity index (χ1n) is 7.80. The van der Waals surface area contributed by atoms with Crippen molar-refractivity contribution >= 4 is 27.9 Å². The van der Waals surface area contributed by atoms with E-state index in [4.69, 9.17) is 4.74 Å². The number of allylic oxidation sites excluding steroid dienone is 1. The standard InChI is InChI=1S/C19H16O6/c1-7-4-9(20)14-16-13(7)12(25-3)5-10(21)15(16)18(23)19(24)6-11(22)8(2)17(14)19/h4-5,20-21,24H,6H2,1-3H3. The average Bonchev–Trinajstić information content (AvgIpc) is 2.77. The molecule has 6 nitrogen and oxygen atoms in total. The molecule has 2 aromatic rings. The quantitative estimate of drug-likeness (QED) is 0.735. The van der Waals surface area contributed by atoms with Crippen LogP contribution in [0.5, 0.6) is 17.2 Å². The molecule has 0 radical (unpaired) electrons. The molecule has 3 N–H and O–H groups in total. The minimum Gasteiger partial charge on any atom is -0.507 e. The highest BCUT2D eigenvalue weighted by atomic mass is 16.5. The number of carbonyl (C=O) groups excluding carboxylic acids is 2. The maximum Gasteiger partial charge on any atom is 0.203 e. The Hall–Kier alpha value is -2.86. The number of methoxy groups -OCH3 is 1. The van der Waals surface area contributed by atoms with Gasteiger partial charge in [0.1, 0.15) is 17.2 Å². The molecular formula is C19H16O6. The first-order valence-corrected chi connectivity index (χ1v) is 7.80. The Kier molecular flexibility index (Phi) is 2.89. The Morgan fingerprint density at radius 3 is 2.32 bits per heavy atom. The van der Waals surface area contributed by atoms with E-state index in [0.29, 0.717) is 22.1 Å². The smallest absolute Gasteiger partial charge is 0.203 e. The summed E-state index contributed by atoms with van der Waals surface area (Å²) < 4.78 is 5.33. The molecule has 0 spiro atoms. The van der Waals surface area contributed by atoms with Crippen LogP contribution in [-0.4, -0.2) is 39.6 Å². The summed E-state index contributed by atoms with van der Waals surface area (Å²) in [5, 5.41) is 32.8. The monoisotopic (exact) mass is 340 g/mol. The molecule has 6 heteroatoms. The lowest BCUT2D eigenvalue weighted by Gasteiger charge is -2.32. The molecule has 2 aromatic carbocycles. The Balaban J connectivity index is 2.33. The molecule has 0 saturated carbocycles. The molecule has 0 aromatic heterocycles. The lowest BCUT2D eigenvalue weighted by molar-refractivity contribution is -0.116. The van der Waals surface area contributed by atoms with Gasteiger partial charge in [-0.1, -0.05) is 0 Å². The van der Waals surface area contributed by atoms with Crippen LogP contribution in [0.4, 0.5) is 0 Å². The predicted octanol–water partition coefficient (Wildman–Crippen LogP) is 2.24. The second-order valence-electron chi connectivity index (χ2n) is 6.60. The highest BCUT2D eigenvalue weighted by Gasteiger charge is 2.54. The van der Waals surface area contributed by atoms with E-state index in [1.54, 1.807) is 6.92 Å². The van der Waals surface area contributed by atoms with Crippen LogP contribution >= 0.6 is 0 Å². The highest BCUT2D eigenvalue weighted by Crippen LogP contribution is 2.55. The number of ketones is 2. The van der Waals surface area contributed by atoms with Crippen LogP contribution in [0.25, 0.3) is 16.3 Å². The number of benzene rings is 2. The summed E-state index contributed by atoms with van der Waals surface area (Å²) in [6.07, 6.45) is -0.396. The molecule has 0 amide bonds. The zero-order valence-electron chi connectivity index (χ0n) is 13.9. The third kappa shape index (κ3) is 1.67. The number of hydrogen-bond acceptors (Lipinski definition) is 6. The number of aromatic hydroxyl groups is 2. The number of hydrogen-bond donors (Lipinski definition) is 3. The summed E-state index contributed by atoms with van der Waals surface area (Å²) in [7, 11) is 1.44. The van der Waals surface area contributed by atoms with Gasteiger partial charge in [-0.2, -0.15) is 0 Å². The van der Waals surface area contributed by atoms with E-state index >= 15 is 0 Å². The van der Waals surface area contributed by atoms with Gasteiger partial charge in [-0.3, -0.25) is 9.59 Å². The van der Waals surface area contributed by atoms with Gasteiger partial charge in [-0.05, 0) is 31.1 Å². The average molecular weight is 340 g/mol. The Morgan fingerprint density at radius 2 is 1.68 bits per heavy atom. The van der Waals surface area contributed by atoms with Crippen molar-refractivity contribution in [3.05, 3.63) is 34.4 Å². The number of ether oxygens (including phenoxy) is 1. The van der Waals surface area contributed by atoms with E-state index in [-0.39, 0.29) is 39.6 Å². The third-order valence-corrected chi connectivity index (χ3v) is 5.22. The molecule has 0 aliphatic heterocycles. The lowest BCUT2D eigenvalue weighted by Crippen LogP contribution is -2.41. The number of carbonyl (C=O) groups is 2. The minimum atomic E-state index is -2.07. The second-order valence-corrected chi connectivity index (χ2v) is 6.60. The number of aryl methyl sites for hydroxylation is 1. The van der Waals surface area contributed by atoms with Crippen molar-refractivity contribution in [3.8, 4) is 17.2 Å². The summed E-state index contributed by atoms with van der Waals surface area (Å²) in [5.41, 5.74) is -0.960. The second kappa shape index (κ2) is 4.61. The van der Waals surface area contributed by atoms with Crippen molar-refractivity contribution < 1.29 is 29.6 Å². The van der Waals surface area contributed by atoms with Crippen molar-refractivity contribution in [3.63, 3.8) is 0 Å². The summed E-state index contributed by atoms with van der Waals surface area (Å²) >= 11 is 0. The van der Waals surface area contributed by atoms with Crippen LogP contribution in [0.3, 0.4) is 0 Å². The van der Waals surface area contributed by atoms with Gasteiger partial charge in [0.05, 0.1) is 19.1 Å². The van der Waals surface area contributed by atoms with Crippen LogP contribution in [0.15, 0.2) is 17.7 Å². The van der Waals surface area contributed by atoms with Gasteiger partial charge in [0, 0.05) is 28.0 Å². The van der Waals surface area contributed by atoms with Crippen LogP contribution in [-0.2, 0) is 4.79 Å². The van der Waals surface area contributed by atoms with Gasteiger partial charge in [-0.25, -0.2) is 0 Å². The zero-order valence-corrected chi connectivity index (χ0v) is 13.9. The number of aliphatic hydroxyl groups is 1. The Labute approximate surface area is 143 Å². The zero-order chi connectivity index (χ0) is 18.3. The van der Waals surface area contributed by atoms with Crippen LogP contribution in [0.2, 0.25) is 0 Å². The van der Waals surface area contributed by atoms with Gasteiger partial charge >= 0.3 is 0 Å². The largest absolute Gasteiger partial charge is 0.507 e. The molecule has 1 unspecified atom stereocenters. The fourth-order valence-corrected chi connectivity index (χ4v) is 4.11. The maximum absolute atomic E-state index is 13.0. The summed E-state index contributed by atoms with van der Waals surface area (Å²) in [5.74, 6) is -1.27. The van der Waals surface area contributed by atoms with Crippen molar-refractivity contribution in [2.75, 3.05) is 7.11 Å². The lowest BCUT2D eigenvalue weighted by atomic mass is 9.73. The number of Topliss-reactive ketones (excluding diaryl/α,β-unsaturated/α-hetero) is 2. The number of fused-ring (bicyclic) bond motifs is 2. The Morgan fingerprint density at radius 1 is 1.04 bits per heavy atom. The fourth-order valence-electron chi connectivity index (χ4n) is 4.11. The van der Waals surface area contributed by atoms with E-state index in [0.717, 1.165) is 0 Å². The molecular weight excluding hydrogens is 324 g/mol. The number of rotatable bonds is 1. The SMILES string of the molecule is COc1cc(O)c2c3c(c(O)cc(C)c13)C1=C(C)C(=O)CC1(O)C2=O. The third-order valence-electron chi connectivity index (χ3n) is 5.22. The van der Waals surface area contributed by atoms with Gasteiger partial charge < -0.3 is 20.1 Å². The molecule has 2 aliphatic rings. The molecule has 0 heterocycles. The Bertz CT molecular complexity index is 1050.